The first-order valence-electron chi connectivity index (χ1n) is 7.42. The van der Waals surface area contributed by atoms with Crippen molar-refractivity contribution in [3.8, 4) is 0 Å². The molecule has 0 spiro atoms. The van der Waals surface area contributed by atoms with Crippen molar-refractivity contribution >= 4 is 17.7 Å². The lowest BCUT2D eigenvalue weighted by molar-refractivity contribution is -0.118. The summed E-state index contributed by atoms with van der Waals surface area (Å²) in [5, 5.41) is 14.3. The summed E-state index contributed by atoms with van der Waals surface area (Å²) in [6.45, 7) is 4.42. The van der Waals surface area contributed by atoms with E-state index in [9.17, 15) is 9.18 Å². The van der Waals surface area contributed by atoms with Gasteiger partial charge in [-0.15, -0.1) is 16.9 Å². The topological polar surface area (TPSA) is 72.7 Å². The summed E-state index contributed by atoms with van der Waals surface area (Å²) < 4.78 is 15.2. The Morgan fingerprint density at radius 2 is 2.17 bits per heavy atom. The first-order chi connectivity index (χ1) is 11.1. The molecule has 0 saturated carbocycles. The third-order valence-corrected chi connectivity index (χ3v) is 4.12. The molecule has 2 rings (SSSR count). The number of rotatable bonds is 8. The van der Waals surface area contributed by atoms with E-state index in [1.165, 1.54) is 17.8 Å². The molecule has 23 heavy (non-hydrogen) atoms. The number of carbonyl (C=O) groups is 1. The van der Waals surface area contributed by atoms with E-state index in [1.807, 2.05) is 13.8 Å². The van der Waals surface area contributed by atoms with Crippen LogP contribution in [-0.2, 0) is 17.0 Å². The van der Waals surface area contributed by atoms with Crippen LogP contribution in [0, 0.1) is 5.82 Å². The van der Waals surface area contributed by atoms with Gasteiger partial charge in [0.1, 0.15) is 5.82 Å². The molecular weight excluding hydrogens is 317 g/mol. The Morgan fingerprint density at radius 1 is 1.39 bits per heavy atom. The van der Waals surface area contributed by atoms with Gasteiger partial charge in [-0.25, -0.2) is 9.07 Å². The molecule has 0 fully saturated rings. The van der Waals surface area contributed by atoms with Crippen molar-refractivity contribution in [1.82, 2.24) is 25.5 Å². The Bertz CT molecular complexity index is 646. The summed E-state index contributed by atoms with van der Waals surface area (Å²) >= 11 is 1.45. The minimum absolute atomic E-state index is 0.0742. The van der Waals surface area contributed by atoms with Crippen molar-refractivity contribution in [3.63, 3.8) is 0 Å². The quantitative estimate of drug-likeness (QED) is 0.797. The number of halogens is 1. The summed E-state index contributed by atoms with van der Waals surface area (Å²) in [4.78, 5) is 11.8. The lowest BCUT2D eigenvalue weighted by atomic mass is 10.1. The number of amides is 1. The van der Waals surface area contributed by atoms with Crippen LogP contribution in [0.5, 0.6) is 0 Å². The van der Waals surface area contributed by atoms with E-state index in [2.05, 4.69) is 20.8 Å². The first-order valence-corrected chi connectivity index (χ1v) is 8.58. The highest BCUT2D eigenvalue weighted by molar-refractivity contribution is 7.99. The zero-order valence-corrected chi connectivity index (χ0v) is 14.0. The average Bonchev–Trinajstić information content (AvgIpc) is 2.98. The molecule has 6 nitrogen and oxygen atoms in total. The summed E-state index contributed by atoms with van der Waals surface area (Å²) in [7, 11) is 0. The number of thioether (sulfide) groups is 1. The molecular formula is C15H20FN5OS. The summed E-state index contributed by atoms with van der Waals surface area (Å²) in [5.41, 5.74) is 0.608. The molecule has 1 aromatic heterocycles. The molecule has 124 valence electrons. The summed E-state index contributed by atoms with van der Waals surface area (Å²) in [6, 6.07) is 6.78. The van der Waals surface area contributed by atoms with Gasteiger partial charge in [0.2, 0.25) is 5.91 Å². The van der Waals surface area contributed by atoms with E-state index in [0.29, 0.717) is 30.0 Å². The maximum atomic E-state index is 13.4. The fourth-order valence-corrected chi connectivity index (χ4v) is 2.79. The Kier molecular flexibility index (Phi) is 6.52. The fraction of sp³-hybridized carbons (Fsp3) is 0.467. The summed E-state index contributed by atoms with van der Waals surface area (Å²) in [5.74, 6) is 1.34. The summed E-state index contributed by atoms with van der Waals surface area (Å²) in [6.07, 6.45) is 0.481. The molecule has 0 bridgehead atoms. The van der Waals surface area contributed by atoms with Gasteiger partial charge >= 0.3 is 0 Å². The zero-order valence-electron chi connectivity index (χ0n) is 13.2. The SMILES string of the molecule is CC(C)n1nnnc1CSCC(=O)NCCc1ccccc1F. The number of hydrogen-bond donors (Lipinski definition) is 1. The molecule has 1 aromatic carbocycles. The highest BCUT2D eigenvalue weighted by Gasteiger charge is 2.10. The number of nitrogens with zero attached hydrogens (tertiary/aromatic N) is 4. The number of hydrogen-bond acceptors (Lipinski definition) is 5. The van der Waals surface area contributed by atoms with Gasteiger partial charge < -0.3 is 5.32 Å². The van der Waals surface area contributed by atoms with Crippen LogP contribution in [0.2, 0.25) is 0 Å². The van der Waals surface area contributed by atoms with E-state index < -0.39 is 0 Å². The first kappa shape index (κ1) is 17.4. The molecule has 0 aliphatic rings. The van der Waals surface area contributed by atoms with Crippen molar-refractivity contribution in [3.05, 3.63) is 41.5 Å². The van der Waals surface area contributed by atoms with E-state index in [1.54, 1.807) is 22.9 Å². The van der Waals surface area contributed by atoms with Gasteiger partial charge in [0, 0.05) is 6.54 Å². The number of aromatic nitrogens is 4. The molecule has 1 N–H and O–H groups in total. The Hall–Kier alpha value is -1.96. The largest absolute Gasteiger partial charge is 0.355 e. The van der Waals surface area contributed by atoms with Crippen LogP contribution in [0.25, 0.3) is 0 Å². The molecule has 0 aliphatic heterocycles. The van der Waals surface area contributed by atoms with Crippen LogP contribution in [0.15, 0.2) is 24.3 Å². The molecule has 2 aromatic rings. The zero-order chi connectivity index (χ0) is 16.7. The number of tetrazole rings is 1. The minimum Gasteiger partial charge on any atom is -0.355 e. The van der Waals surface area contributed by atoms with Crippen molar-refractivity contribution in [2.75, 3.05) is 12.3 Å². The number of benzene rings is 1. The maximum Gasteiger partial charge on any atom is 0.230 e. The smallest absolute Gasteiger partial charge is 0.230 e. The third kappa shape index (κ3) is 5.31. The van der Waals surface area contributed by atoms with E-state index in [0.717, 1.165) is 5.82 Å². The lowest BCUT2D eigenvalue weighted by Gasteiger charge is -2.08. The molecule has 1 amide bonds. The molecule has 0 aliphatic carbocycles. The van der Waals surface area contributed by atoms with E-state index in [-0.39, 0.29) is 17.8 Å². The maximum absolute atomic E-state index is 13.4. The van der Waals surface area contributed by atoms with Gasteiger partial charge in [-0.2, -0.15) is 0 Å². The normalized spacial score (nSPS) is 11.0. The van der Waals surface area contributed by atoms with E-state index in [4.69, 9.17) is 0 Å². The van der Waals surface area contributed by atoms with Crippen LogP contribution in [0.1, 0.15) is 31.3 Å². The Morgan fingerprint density at radius 3 is 2.91 bits per heavy atom. The molecule has 0 atom stereocenters. The van der Waals surface area contributed by atoms with Crippen molar-refractivity contribution in [2.45, 2.75) is 32.1 Å². The number of carbonyl (C=O) groups excluding carboxylic acids is 1. The Labute approximate surface area is 138 Å². The standard InChI is InChI=1S/C15H20FN5OS/c1-11(2)21-14(18-19-20-21)9-23-10-15(22)17-8-7-12-5-3-4-6-13(12)16/h3-6,11H,7-10H2,1-2H3,(H,17,22). The average molecular weight is 337 g/mol. The van der Waals surface area contributed by atoms with Crippen LogP contribution in [0.4, 0.5) is 4.39 Å². The predicted molar refractivity (Wildman–Crippen MR) is 87.5 cm³/mol. The monoisotopic (exact) mass is 337 g/mol. The van der Waals surface area contributed by atoms with Crippen LogP contribution in [0.3, 0.4) is 0 Å². The van der Waals surface area contributed by atoms with Gasteiger partial charge in [-0.1, -0.05) is 18.2 Å². The molecule has 1 heterocycles. The van der Waals surface area contributed by atoms with Gasteiger partial charge in [0.05, 0.1) is 17.5 Å². The second-order valence-corrected chi connectivity index (χ2v) is 6.30. The molecule has 0 saturated heterocycles. The fourth-order valence-electron chi connectivity index (χ4n) is 2.03. The van der Waals surface area contributed by atoms with Crippen LogP contribution in [-0.4, -0.2) is 38.4 Å². The van der Waals surface area contributed by atoms with Gasteiger partial charge in [0.15, 0.2) is 5.82 Å². The highest BCUT2D eigenvalue weighted by Crippen LogP contribution is 2.12. The molecule has 0 radical (unpaired) electrons. The molecule has 8 heteroatoms. The number of nitrogens with one attached hydrogen (secondary N) is 1. The van der Waals surface area contributed by atoms with Gasteiger partial charge in [-0.05, 0) is 42.3 Å². The van der Waals surface area contributed by atoms with Gasteiger partial charge in [-0.3, -0.25) is 4.79 Å². The lowest BCUT2D eigenvalue weighted by Crippen LogP contribution is -2.27. The van der Waals surface area contributed by atoms with Crippen molar-refractivity contribution in [2.24, 2.45) is 0 Å². The van der Waals surface area contributed by atoms with Crippen molar-refractivity contribution in [1.29, 1.82) is 0 Å². The van der Waals surface area contributed by atoms with Crippen LogP contribution < -0.4 is 5.32 Å². The highest BCUT2D eigenvalue weighted by atomic mass is 32.2. The third-order valence-electron chi connectivity index (χ3n) is 3.19. The van der Waals surface area contributed by atoms with E-state index >= 15 is 0 Å². The van der Waals surface area contributed by atoms with Crippen molar-refractivity contribution < 1.29 is 9.18 Å². The second kappa shape index (κ2) is 8.61. The Balaban J connectivity index is 1.67. The van der Waals surface area contributed by atoms with Gasteiger partial charge in [0.25, 0.3) is 0 Å². The molecule has 0 unspecified atom stereocenters. The second-order valence-electron chi connectivity index (χ2n) is 5.32. The van der Waals surface area contributed by atoms with Crippen LogP contribution >= 0.6 is 11.8 Å². The minimum atomic E-state index is -0.239. The predicted octanol–water partition coefficient (Wildman–Crippen LogP) is 1.99.